The van der Waals surface area contributed by atoms with Crippen LogP contribution in [0.4, 0.5) is 24.0 Å². The predicted octanol–water partition coefficient (Wildman–Crippen LogP) is 0.718. The Morgan fingerprint density at radius 2 is 0.630 bits per heavy atom. The van der Waals surface area contributed by atoms with E-state index in [2.05, 4.69) is 13.9 Å². The average molecular weight is 1930 g/mol. The molecule has 15 heterocycles. The van der Waals surface area contributed by atoms with Crippen LogP contribution < -0.4 is 5.32 Å². The van der Waals surface area contributed by atoms with Crippen LogP contribution in [0.25, 0.3) is 0 Å². The number of hydroxylamine groups is 10. The summed E-state index contributed by atoms with van der Waals surface area (Å²) < 4.78 is 91.4. The van der Waals surface area contributed by atoms with Crippen LogP contribution >= 0.6 is 0 Å². The zero-order valence-electron chi connectivity index (χ0n) is 75.2. The van der Waals surface area contributed by atoms with Gasteiger partial charge in [-0.1, -0.05) is 60.7 Å². The lowest BCUT2D eigenvalue weighted by molar-refractivity contribution is -0.152. The summed E-state index contributed by atoms with van der Waals surface area (Å²) in [7, 11) is -3.42. The molecule has 0 unspecified atom stereocenters. The molecule has 10 bridgehead atoms. The van der Waals surface area contributed by atoms with Crippen molar-refractivity contribution in [1.29, 1.82) is 0 Å². The fourth-order valence-electron chi connectivity index (χ4n) is 19.3. The average Bonchev–Trinajstić information content (AvgIpc) is 1.66. The Balaban J connectivity index is 0.000000148. The van der Waals surface area contributed by atoms with Gasteiger partial charge in [0.2, 0.25) is 0 Å². The number of carboxylic acid groups (broad SMARTS) is 1. The van der Waals surface area contributed by atoms with E-state index in [0.29, 0.717) is 138 Å². The highest BCUT2D eigenvalue weighted by atomic mass is 32.3. The summed E-state index contributed by atoms with van der Waals surface area (Å²) in [6, 6.07) is 12.0. The lowest BCUT2D eigenvalue weighted by Crippen LogP contribution is -2.46. The van der Waals surface area contributed by atoms with Gasteiger partial charge < -0.3 is 97.4 Å². The molecule has 15 aliphatic heterocycles. The number of amides is 10. The van der Waals surface area contributed by atoms with E-state index < -0.39 is 99.1 Å². The van der Waals surface area contributed by atoms with E-state index in [1.54, 1.807) is 27.1 Å². The van der Waals surface area contributed by atoms with Crippen LogP contribution in [0, 0.1) is 29.6 Å². The van der Waals surface area contributed by atoms with Crippen molar-refractivity contribution >= 4 is 135 Å². The number of piperidine rings is 10. The van der Waals surface area contributed by atoms with Gasteiger partial charge in [0, 0.05) is 39.3 Å². The van der Waals surface area contributed by atoms with Gasteiger partial charge in [0.05, 0.1) is 81.4 Å². The fourth-order valence-corrected chi connectivity index (χ4v) is 20.0. The van der Waals surface area contributed by atoms with Gasteiger partial charge in [0.25, 0.3) is 29.7 Å². The highest BCUT2D eigenvalue weighted by molar-refractivity contribution is 7.81. The monoisotopic (exact) mass is 1930 g/mol. The predicted molar refractivity (Wildman–Crippen MR) is 475 cm³/mol. The number of hydrogen-bond donors (Lipinski definition) is 6. The third-order valence-electron chi connectivity index (χ3n) is 27.0. The largest absolute Gasteiger partial charge is 0.480 e. The van der Waals surface area contributed by atoms with Crippen molar-refractivity contribution in [2.24, 2.45) is 29.6 Å². The van der Waals surface area contributed by atoms with E-state index in [-0.39, 0.29) is 80.3 Å². The Bertz CT molecular complexity index is 4590. The number of hydrogen-bond acceptors (Lipinski definition) is 33. The van der Waals surface area contributed by atoms with Crippen molar-refractivity contribution in [2.45, 2.75) is 202 Å². The highest BCUT2D eigenvalue weighted by Crippen LogP contribution is 2.38. The van der Waals surface area contributed by atoms with E-state index in [9.17, 15) is 89.2 Å². The number of aliphatic carboxylic acids is 1. The second-order valence-electron chi connectivity index (χ2n) is 35.9. The molecule has 10 atom stereocenters. The summed E-state index contributed by atoms with van der Waals surface area (Å²) in [5.41, 5.74) is 1.97. The van der Waals surface area contributed by atoms with Gasteiger partial charge in [0.1, 0.15) is 43.4 Å². The molecule has 15 saturated heterocycles. The number of ether oxygens (including phenoxy) is 4. The molecule has 0 aromatic heterocycles. The minimum Gasteiger partial charge on any atom is -0.480 e. The number of urea groups is 5. The number of rotatable bonds is 32. The van der Waals surface area contributed by atoms with E-state index in [4.69, 9.17) is 47.9 Å². The molecule has 10 amide bonds. The number of carbonyl (C=O) groups excluding carboxylic acids is 13. The topological polar surface area (TPSA) is 540 Å². The van der Waals surface area contributed by atoms with Gasteiger partial charge in [-0.05, 0) is 235 Å². The normalized spacial score (nSPS) is 26.3. The number of aliphatic hydroxyl groups excluding tert-OH is 1. The van der Waals surface area contributed by atoms with E-state index in [0.717, 1.165) is 177 Å². The third kappa shape index (κ3) is 29.1. The number of nitrogens with zero attached hydrogens (tertiary/aromatic N) is 14. The van der Waals surface area contributed by atoms with Crippen LogP contribution in [0.15, 0.2) is 60.7 Å². The second-order valence-corrected chi connectivity index (χ2v) is 37.9. The minimum absolute atomic E-state index is 0.0244. The van der Waals surface area contributed by atoms with Crippen LogP contribution in [-0.2, 0) is 114 Å². The van der Waals surface area contributed by atoms with Crippen LogP contribution in [0.1, 0.15) is 140 Å². The number of carboxylic acids is 1. The Morgan fingerprint density at radius 3 is 0.933 bits per heavy atom. The summed E-state index contributed by atoms with van der Waals surface area (Å²) in [4.78, 5) is 190. The zero-order chi connectivity index (χ0) is 96.5. The van der Waals surface area contributed by atoms with Crippen molar-refractivity contribution in [1.82, 2.24) is 74.4 Å². The number of fused-ring (bicyclic) bond motifs is 10. The van der Waals surface area contributed by atoms with Gasteiger partial charge in [-0.15, -0.1) is 8.57 Å². The van der Waals surface area contributed by atoms with Crippen LogP contribution in [-0.4, -0.2) is 416 Å². The number of nitrogens with one attached hydrogen (secondary N) is 1. The van der Waals surface area contributed by atoms with E-state index >= 15 is 0 Å². The summed E-state index contributed by atoms with van der Waals surface area (Å²) >= 11 is 0. The smallest absolute Gasteiger partial charge is 0.418 e. The van der Waals surface area contributed by atoms with Crippen molar-refractivity contribution < 1.29 is 146 Å². The number of aliphatic hydroxyl groups is 1. The molecular weight excluding hydrogens is 1810 g/mol. The molecule has 736 valence electrons. The molecule has 6 N–H and O–H groups in total. The molecule has 0 spiro atoms. The molecule has 2 aromatic rings. The summed E-state index contributed by atoms with van der Waals surface area (Å²) in [5, 5.41) is 35.5. The molecule has 135 heavy (non-hydrogen) atoms. The molecule has 46 nitrogen and oxygen atoms in total. The summed E-state index contributed by atoms with van der Waals surface area (Å²) in [6.07, 6.45) is 17.2. The number of benzene rings is 2. The molecular formula is C83H119B4N15O31S2. The summed E-state index contributed by atoms with van der Waals surface area (Å²) in [5.74, 6) is -1.12. The zero-order valence-corrected chi connectivity index (χ0v) is 76.8. The van der Waals surface area contributed by atoms with Crippen LogP contribution in [0.3, 0.4) is 0 Å². The van der Waals surface area contributed by atoms with E-state index in [1.807, 2.05) is 79.9 Å². The minimum atomic E-state index is -4.82. The Hall–Kier alpha value is -9.54. The van der Waals surface area contributed by atoms with Crippen LogP contribution in [0.5, 0.6) is 0 Å². The van der Waals surface area contributed by atoms with Gasteiger partial charge in [-0.2, -0.15) is 37.1 Å². The lowest BCUT2D eigenvalue weighted by Gasteiger charge is -2.32. The highest BCUT2D eigenvalue weighted by Gasteiger charge is 2.55. The van der Waals surface area contributed by atoms with Crippen LogP contribution in [0.2, 0.25) is 0 Å². The third-order valence-corrected chi connectivity index (χ3v) is 27.7. The van der Waals surface area contributed by atoms with Gasteiger partial charge in [-0.25, -0.2) is 53.0 Å². The van der Waals surface area contributed by atoms with Gasteiger partial charge >= 0.3 is 80.8 Å². The van der Waals surface area contributed by atoms with Gasteiger partial charge in [-0.3, -0.25) is 24.0 Å². The van der Waals surface area contributed by atoms with Gasteiger partial charge in [0.15, 0.2) is 0 Å². The number of carbonyl (C=O) groups is 14. The second kappa shape index (κ2) is 50.2. The molecule has 52 heteroatoms. The molecule has 15 fully saturated rings. The quantitative estimate of drug-likeness (QED) is 0.0147. The molecule has 17 rings (SSSR count). The molecule has 0 aliphatic carbocycles. The maximum atomic E-state index is 12.8. The first kappa shape index (κ1) is 104. The Morgan fingerprint density at radius 1 is 0.363 bits per heavy atom. The molecule has 15 aliphatic rings. The van der Waals surface area contributed by atoms with E-state index in [1.165, 1.54) is 37.1 Å². The standard InChI is InChI=1S/C21H27BN3O5.C14H21BN3O8S.C14H21BN3O5.C14H16N2O4.C13H21N3O7S.C7H13BNO2/c26-15-22-23-10-8-17(9-11-23)13-29-20(27)19-7-6-18-12-24(19)21(28)25(18)30-14-16-4-2-1-3-5-16;19-9-15-16-5-3-10(4-6-16)8-25-13(20)12-2-1-11-7-17(12)14(21)18(11)26-27(22,23)24;19-9-15-16-5-3-10(4-6-16)8-23-13(20)12-2-1-11-7-17(12)14(21)18(11)22;17-13(18)12-7-6-11-8-15(12)14(19)16(11)20-9-10-4-2-1-3-5-10;17-12(22-8-9-3-5-14-6-4-9)11-2-1-10-7-15(11)13(18)16(10)23-24(19,20)21;10-5-7-1-3-9(4-2-7)8-6-11/h1-5,15,17-19H,6-14H2;9-12H,1-8H2,(H,22,23,24);9-12,22H,1-8H2;1-5,11-12H,6-9H2,(H,17,18);9-11,14H,1-8H2,(H,19,20,21);6-7,10H,1-5H2/t18-,19+;3*11-,12+;10-,11+;/m11111./s1. The van der Waals surface area contributed by atoms with Crippen molar-refractivity contribution in [3.05, 3.63) is 71.8 Å². The lowest BCUT2D eigenvalue weighted by atomic mass is 9.87. The first-order valence-corrected chi connectivity index (χ1v) is 48.8. The first-order valence-electron chi connectivity index (χ1n) is 46.1. The maximum Gasteiger partial charge on any atom is 0.418 e. The summed E-state index contributed by atoms with van der Waals surface area (Å²) in [6.45, 7) is 12.0. The maximum absolute atomic E-state index is 12.8. The number of esters is 4. The SMILES string of the molecule is O=C(O)[C@@H]1CC[C@@H]2CN1C(=O)N2OCc1ccccc1.O=C(OCC1CCNCC1)[C@@H]1CC[C@@H]2CN1C(=O)N2OS(=O)(=O)O.O=C[B]N1CCC(CO)CC1.O=C[B]N1CCC(COC(=O)[C@@H]2CC[C@@H]3CN2C(=O)N3O)CC1.O=C[B]N1CCC(COC(=O)[C@@H]2CC[C@@H]3CN2C(=O)N3OCc2ccccc2)CC1.O=C[B]N1CCC(COC(=O)[C@@H]2CC[C@@H]3CN2C(=O)N3OS(=O)(=O)O)CC1. The molecule has 4 radical (unpaired) electrons. The fraction of sp³-hybridized carbons (Fsp3) is 0.687. The molecule has 0 saturated carbocycles. The Kier molecular flexibility index (Phi) is 38.8. The Labute approximate surface area is 786 Å². The van der Waals surface area contributed by atoms with Crippen molar-refractivity contribution in [3.8, 4) is 0 Å². The molecule has 2 aromatic carbocycles. The van der Waals surface area contributed by atoms with Crippen molar-refractivity contribution in [3.63, 3.8) is 0 Å². The first-order chi connectivity index (χ1) is 64.9. The van der Waals surface area contributed by atoms with Crippen molar-refractivity contribution in [2.75, 3.05) is 131 Å².